The van der Waals surface area contributed by atoms with Gasteiger partial charge in [0.05, 0.1) is 11.4 Å². The Morgan fingerprint density at radius 3 is 2.84 bits per heavy atom. The summed E-state index contributed by atoms with van der Waals surface area (Å²) in [5.74, 6) is 1.60. The van der Waals surface area contributed by atoms with E-state index in [-0.39, 0.29) is 10.6 Å². The Morgan fingerprint density at radius 2 is 2.08 bits per heavy atom. The Labute approximate surface area is 149 Å². The first-order valence-corrected chi connectivity index (χ1v) is 8.98. The summed E-state index contributed by atoms with van der Waals surface area (Å²) >= 11 is 5.88. The van der Waals surface area contributed by atoms with Gasteiger partial charge in [0.15, 0.2) is 11.4 Å². The number of fused-ring (bicyclic) bond motifs is 3. The van der Waals surface area contributed by atoms with E-state index in [9.17, 15) is 4.39 Å². The number of pyridine rings is 1. The summed E-state index contributed by atoms with van der Waals surface area (Å²) in [6, 6.07) is 4.86. The molecular formula is C18H18ClFN4O. The van der Waals surface area contributed by atoms with Crippen LogP contribution in [-0.2, 0) is 4.84 Å². The molecule has 4 aliphatic heterocycles. The van der Waals surface area contributed by atoms with Crippen molar-refractivity contribution in [2.75, 3.05) is 25.0 Å². The minimum absolute atomic E-state index is 0.109. The number of benzene rings is 1. The maximum atomic E-state index is 13.5. The van der Waals surface area contributed by atoms with Gasteiger partial charge in [-0.25, -0.2) is 9.37 Å². The average molecular weight is 361 g/mol. The highest BCUT2D eigenvalue weighted by Gasteiger charge is 2.52. The molecule has 4 aliphatic rings. The molecule has 0 radical (unpaired) electrons. The summed E-state index contributed by atoms with van der Waals surface area (Å²) in [6.45, 7) is 3.29. The van der Waals surface area contributed by atoms with Crippen molar-refractivity contribution in [1.29, 1.82) is 0 Å². The maximum Gasteiger partial charge on any atom is 0.160 e. The third kappa shape index (κ3) is 2.55. The third-order valence-corrected chi connectivity index (χ3v) is 5.95. The molecule has 6 rings (SSSR count). The van der Waals surface area contributed by atoms with Crippen LogP contribution in [0.3, 0.4) is 0 Å². The highest BCUT2D eigenvalue weighted by atomic mass is 35.5. The van der Waals surface area contributed by atoms with E-state index in [4.69, 9.17) is 16.4 Å². The molecule has 130 valence electrons. The quantitative estimate of drug-likeness (QED) is 0.843. The summed E-state index contributed by atoms with van der Waals surface area (Å²) in [4.78, 5) is 12.7. The lowest BCUT2D eigenvalue weighted by molar-refractivity contribution is -0.136. The molecule has 3 fully saturated rings. The van der Waals surface area contributed by atoms with Crippen LogP contribution >= 0.6 is 11.6 Å². The first kappa shape index (κ1) is 15.3. The standard InChI is InChI=1S/C18H18ClFN4O/c19-14-5-11-7-16(21-9-12(11)6-15(14)20)22-17-8-18(25-23-17)10-24-3-1-13(18)2-4-24/h5-7,9,13H,1-4,8,10H2,(H,21,22,23). The third-order valence-electron chi connectivity index (χ3n) is 5.66. The van der Waals surface area contributed by atoms with Crippen LogP contribution in [0.25, 0.3) is 10.8 Å². The van der Waals surface area contributed by atoms with Crippen LogP contribution in [0.2, 0.25) is 5.02 Å². The lowest BCUT2D eigenvalue weighted by Gasteiger charge is -2.49. The molecular weight excluding hydrogens is 343 g/mol. The lowest BCUT2D eigenvalue weighted by atomic mass is 9.73. The molecule has 5 nitrogen and oxygen atoms in total. The molecule has 1 aromatic heterocycles. The average Bonchev–Trinajstić information content (AvgIpc) is 2.99. The van der Waals surface area contributed by atoms with Crippen molar-refractivity contribution in [1.82, 2.24) is 9.88 Å². The summed E-state index contributed by atoms with van der Waals surface area (Å²) < 4.78 is 13.5. The number of nitrogens with one attached hydrogen (secondary N) is 1. The van der Waals surface area contributed by atoms with Crippen molar-refractivity contribution < 1.29 is 9.23 Å². The van der Waals surface area contributed by atoms with Gasteiger partial charge in [-0.1, -0.05) is 16.8 Å². The zero-order valence-electron chi connectivity index (χ0n) is 13.6. The van der Waals surface area contributed by atoms with E-state index in [1.807, 2.05) is 6.07 Å². The molecule has 2 bridgehead atoms. The molecule has 1 spiro atoms. The molecule has 1 unspecified atom stereocenters. The number of halogens is 2. The molecule has 0 saturated carbocycles. The van der Waals surface area contributed by atoms with Gasteiger partial charge in [0.2, 0.25) is 0 Å². The topological polar surface area (TPSA) is 49.8 Å². The van der Waals surface area contributed by atoms with Crippen molar-refractivity contribution in [2.45, 2.75) is 24.9 Å². The second-order valence-electron chi connectivity index (χ2n) is 7.23. The molecule has 1 aromatic carbocycles. The summed E-state index contributed by atoms with van der Waals surface area (Å²) in [5.41, 5.74) is -0.178. The van der Waals surface area contributed by atoms with E-state index < -0.39 is 5.82 Å². The van der Waals surface area contributed by atoms with Gasteiger partial charge in [0.25, 0.3) is 0 Å². The summed E-state index contributed by atoms with van der Waals surface area (Å²) in [6.07, 6.45) is 4.78. The molecule has 1 N–H and O–H groups in total. The van der Waals surface area contributed by atoms with Gasteiger partial charge in [-0.2, -0.15) is 0 Å². The van der Waals surface area contributed by atoms with Crippen LogP contribution in [-0.4, -0.2) is 41.0 Å². The lowest BCUT2D eigenvalue weighted by Crippen LogP contribution is -2.59. The van der Waals surface area contributed by atoms with E-state index in [0.717, 1.165) is 24.2 Å². The van der Waals surface area contributed by atoms with Crippen molar-refractivity contribution in [3.63, 3.8) is 0 Å². The van der Waals surface area contributed by atoms with E-state index in [1.54, 1.807) is 12.3 Å². The number of aromatic nitrogens is 1. The van der Waals surface area contributed by atoms with Crippen LogP contribution < -0.4 is 5.32 Å². The smallest absolute Gasteiger partial charge is 0.160 e. The highest BCUT2D eigenvalue weighted by molar-refractivity contribution is 6.31. The molecule has 5 heterocycles. The zero-order valence-corrected chi connectivity index (χ0v) is 14.4. The van der Waals surface area contributed by atoms with E-state index in [1.165, 1.54) is 32.0 Å². The van der Waals surface area contributed by atoms with Crippen LogP contribution in [0.4, 0.5) is 10.2 Å². The summed E-state index contributed by atoms with van der Waals surface area (Å²) in [5, 5.41) is 9.20. The molecule has 7 heteroatoms. The fourth-order valence-corrected chi connectivity index (χ4v) is 4.52. The van der Waals surface area contributed by atoms with Gasteiger partial charge in [0.1, 0.15) is 11.6 Å². The van der Waals surface area contributed by atoms with Gasteiger partial charge in [0, 0.05) is 24.0 Å². The Morgan fingerprint density at radius 1 is 1.24 bits per heavy atom. The second-order valence-corrected chi connectivity index (χ2v) is 7.64. The van der Waals surface area contributed by atoms with Crippen molar-refractivity contribution in [2.24, 2.45) is 11.1 Å². The molecule has 25 heavy (non-hydrogen) atoms. The number of hydrogen-bond acceptors (Lipinski definition) is 5. The Kier molecular flexibility index (Phi) is 3.40. The van der Waals surface area contributed by atoms with Gasteiger partial charge in [-0.15, -0.1) is 0 Å². The fraction of sp³-hybridized carbons (Fsp3) is 0.444. The predicted octanol–water partition coefficient (Wildman–Crippen LogP) is 3.64. The predicted molar refractivity (Wildman–Crippen MR) is 95.4 cm³/mol. The minimum atomic E-state index is -0.436. The highest BCUT2D eigenvalue weighted by Crippen LogP contribution is 2.43. The van der Waals surface area contributed by atoms with Crippen molar-refractivity contribution in [3.8, 4) is 0 Å². The Hall–Kier alpha value is -1.92. The maximum absolute atomic E-state index is 13.5. The minimum Gasteiger partial charge on any atom is -0.386 e. The first-order valence-electron chi connectivity index (χ1n) is 8.61. The molecule has 0 aliphatic carbocycles. The SMILES string of the molecule is Fc1cc2cnc(NC3=NOC4(C3)CN3CCC4CC3)cc2cc1Cl. The number of anilines is 1. The Balaban J connectivity index is 1.36. The normalized spacial score (nSPS) is 30.6. The van der Waals surface area contributed by atoms with Crippen molar-refractivity contribution in [3.05, 3.63) is 35.2 Å². The molecule has 1 atom stereocenters. The number of hydrogen-bond donors (Lipinski definition) is 1. The fourth-order valence-electron chi connectivity index (χ4n) is 4.34. The van der Waals surface area contributed by atoms with E-state index in [2.05, 4.69) is 20.4 Å². The van der Waals surface area contributed by atoms with Gasteiger partial charge in [-0.3, -0.25) is 4.90 Å². The van der Waals surface area contributed by atoms with Crippen LogP contribution in [0.5, 0.6) is 0 Å². The van der Waals surface area contributed by atoms with Crippen LogP contribution in [0.1, 0.15) is 19.3 Å². The monoisotopic (exact) mass is 360 g/mol. The van der Waals surface area contributed by atoms with Crippen LogP contribution in [0.15, 0.2) is 29.6 Å². The van der Waals surface area contributed by atoms with Crippen LogP contribution in [0, 0.1) is 11.7 Å². The number of nitrogens with zero attached hydrogens (tertiary/aromatic N) is 3. The van der Waals surface area contributed by atoms with Gasteiger partial charge < -0.3 is 10.2 Å². The zero-order chi connectivity index (χ0) is 17.0. The number of piperidine rings is 3. The molecule has 3 saturated heterocycles. The number of oxime groups is 1. The van der Waals surface area contributed by atoms with E-state index >= 15 is 0 Å². The summed E-state index contributed by atoms with van der Waals surface area (Å²) in [7, 11) is 0. The van der Waals surface area contributed by atoms with Gasteiger partial charge >= 0.3 is 0 Å². The first-order chi connectivity index (χ1) is 12.1. The number of amidine groups is 1. The van der Waals surface area contributed by atoms with E-state index in [0.29, 0.717) is 17.1 Å². The second kappa shape index (κ2) is 5.54. The largest absolute Gasteiger partial charge is 0.386 e. The van der Waals surface area contributed by atoms with Crippen molar-refractivity contribution >= 4 is 34.0 Å². The Bertz CT molecular complexity index is 881. The van der Waals surface area contributed by atoms with Gasteiger partial charge in [-0.05, 0) is 49.5 Å². The molecule has 0 amide bonds. The number of rotatable bonds is 1. The molecule has 2 aromatic rings.